The number of halogens is 2. The smallest absolute Gasteiger partial charge is 0.206 e. The molecule has 0 atom stereocenters. The van der Waals surface area contributed by atoms with E-state index >= 15 is 0 Å². The summed E-state index contributed by atoms with van der Waals surface area (Å²) in [5, 5.41) is 0. The van der Waals surface area contributed by atoms with Crippen LogP contribution in [0.15, 0.2) is 0 Å². The molecule has 2 saturated carbocycles. The molecular weight excluding hydrogens is 272 g/mol. The molecule has 0 aromatic rings. The van der Waals surface area contributed by atoms with Gasteiger partial charge in [-0.2, -0.15) is 13.1 Å². The van der Waals surface area contributed by atoms with Crippen LogP contribution in [0.1, 0.15) is 64.2 Å². The second-order valence-corrected chi connectivity index (χ2v) is 7.53. The minimum absolute atomic E-state index is 0.198. The van der Waals surface area contributed by atoms with Crippen LogP contribution in [0.5, 0.6) is 0 Å². The summed E-state index contributed by atoms with van der Waals surface area (Å²) in [6, 6.07) is -0.397. The van der Waals surface area contributed by atoms with Gasteiger partial charge in [0.1, 0.15) is 0 Å². The first-order valence-electron chi connectivity index (χ1n) is 7.34. The predicted octanol–water partition coefficient (Wildman–Crippen LogP) is 3.51. The first-order chi connectivity index (χ1) is 9.03. The van der Waals surface area contributed by atoms with Crippen LogP contribution in [-0.4, -0.2) is 30.6 Å². The molecule has 0 aromatic heterocycles. The molecule has 2 aliphatic rings. The van der Waals surface area contributed by atoms with E-state index < -0.39 is 15.8 Å². The van der Waals surface area contributed by atoms with Gasteiger partial charge < -0.3 is 0 Å². The maximum absolute atomic E-state index is 12.9. The molecule has 3 nitrogen and oxygen atoms in total. The van der Waals surface area contributed by atoms with Crippen LogP contribution in [-0.2, 0) is 10.0 Å². The summed E-state index contributed by atoms with van der Waals surface area (Å²) in [6.45, 7) is 0. The fourth-order valence-corrected chi connectivity index (χ4v) is 4.91. The third-order valence-corrected chi connectivity index (χ3v) is 6.02. The minimum atomic E-state index is -4.44. The lowest BCUT2D eigenvalue weighted by molar-refractivity contribution is 0.146. The van der Waals surface area contributed by atoms with Crippen molar-refractivity contribution in [3.63, 3.8) is 0 Å². The van der Waals surface area contributed by atoms with Gasteiger partial charge in [-0.25, -0.2) is 8.42 Å². The Balaban J connectivity index is 2.21. The summed E-state index contributed by atoms with van der Waals surface area (Å²) in [5.41, 5.74) is 0. The molecule has 0 N–H and O–H groups in total. The molecule has 0 amide bonds. The fraction of sp³-hybridized carbons (Fsp3) is 1.00. The number of sulfonamides is 1. The Morgan fingerprint density at radius 2 is 1.16 bits per heavy atom. The number of hydrogen-bond acceptors (Lipinski definition) is 2. The zero-order valence-electron chi connectivity index (χ0n) is 11.2. The van der Waals surface area contributed by atoms with Crippen LogP contribution < -0.4 is 0 Å². The molecule has 2 fully saturated rings. The molecule has 0 saturated heterocycles. The monoisotopic (exact) mass is 295 g/mol. The SMILES string of the molecule is O=S(=O)(C(F)F)N(C1CCCCC1)C1CCCCC1. The zero-order valence-corrected chi connectivity index (χ0v) is 12.0. The summed E-state index contributed by atoms with van der Waals surface area (Å²) in [5.74, 6) is -3.28. The van der Waals surface area contributed by atoms with E-state index in [1.54, 1.807) is 0 Å². The first kappa shape index (κ1) is 15.2. The van der Waals surface area contributed by atoms with Gasteiger partial charge >= 0.3 is 5.76 Å². The lowest BCUT2D eigenvalue weighted by atomic mass is 9.91. The Kier molecular flexibility index (Phi) is 5.17. The lowest BCUT2D eigenvalue weighted by Gasteiger charge is -2.40. The van der Waals surface area contributed by atoms with E-state index in [9.17, 15) is 17.2 Å². The van der Waals surface area contributed by atoms with Gasteiger partial charge in [-0.1, -0.05) is 38.5 Å². The molecule has 19 heavy (non-hydrogen) atoms. The van der Waals surface area contributed by atoms with E-state index in [4.69, 9.17) is 0 Å². The van der Waals surface area contributed by atoms with Gasteiger partial charge in [0.15, 0.2) is 0 Å². The van der Waals surface area contributed by atoms with Crippen molar-refractivity contribution in [2.45, 2.75) is 82.0 Å². The summed E-state index contributed by atoms with van der Waals surface area (Å²) < 4.78 is 51.1. The van der Waals surface area contributed by atoms with E-state index in [0.29, 0.717) is 0 Å². The van der Waals surface area contributed by atoms with Crippen molar-refractivity contribution in [1.82, 2.24) is 4.31 Å². The maximum Gasteiger partial charge on any atom is 0.350 e. The summed E-state index contributed by atoms with van der Waals surface area (Å²) >= 11 is 0. The quantitative estimate of drug-likeness (QED) is 0.796. The highest BCUT2D eigenvalue weighted by molar-refractivity contribution is 7.89. The van der Waals surface area contributed by atoms with E-state index in [0.717, 1.165) is 64.2 Å². The van der Waals surface area contributed by atoms with Crippen LogP contribution in [0.3, 0.4) is 0 Å². The number of alkyl halides is 2. The molecule has 2 aliphatic carbocycles. The van der Waals surface area contributed by atoms with Gasteiger partial charge in [-0.15, -0.1) is 0 Å². The van der Waals surface area contributed by atoms with E-state index in [1.165, 1.54) is 4.31 Å². The molecule has 0 spiro atoms. The number of rotatable bonds is 4. The highest BCUT2D eigenvalue weighted by Crippen LogP contribution is 2.33. The standard InChI is InChI=1S/C13H23F2NO2S/c14-13(15)19(17,18)16(11-7-3-1-4-8-11)12-9-5-2-6-10-12/h11-13H,1-10H2. The van der Waals surface area contributed by atoms with Gasteiger partial charge in [0.05, 0.1) is 0 Å². The Bertz CT molecular complexity index is 356. The van der Waals surface area contributed by atoms with Crippen LogP contribution in [0.25, 0.3) is 0 Å². The molecule has 0 unspecified atom stereocenters. The largest absolute Gasteiger partial charge is 0.350 e. The Morgan fingerprint density at radius 1 is 0.789 bits per heavy atom. The summed E-state index contributed by atoms with van der Waals surface area (Å²) in [7, 11) is -4.44. The predicted molar refractivity (Wildman–Crippen MR) is 70.5 cm³/mol. The van der Waals surface area contributed by atoms with Crippen LogP contribution in [0, 0.1) is 0 Å². The van der Waals surface area contributed by atoms with E-state index in [1.807, 2.05) is 0 Å². The third kappa shape index (κ3) is 3.45. The molecule has 0 aliphatic heterocycles. The maximum atomic E-state index is 12.9. The highest BCUT2D eigenvalue weighted by atomic mass is 32.2. The van der Waals surface area contributed by atoms with Gasteiger partial charge in [0.2, 0.25) is 0 Å². The van der Waals surface area contributed by atoms with Crippen LogP contribution in [0.4, 0.5) is 8.78 Å². The Labute approximate surface area is 114 Å². The van der Waals surface area contributed by atoms with E-state index in [2.05, 4.69) is 0 Å². The molecule has 0 heterocycles. The second-order valence-electron chi connectivity index (χ2n) is 5.72. The second kappa shape index (κ2) is 6.48. The fourth-order valence-electron chi connectivity index (χ4n) is 3.48. The number of nitrogens with zero attached hydrogens (tertiary/aromatic N) is 1. The van der Waals surface area contributed by atoms with Crippen molar-refractivity contribution in [2.75, 3.05) is 0 Å². The molecular formula is C13H23F2NO2S. The van der Waals surface area contributed by atoms with Crippen molar-refractivity contribution >= 4 is 10.0 Å². The average Bonchev–Trinajstić information content (AvgIpc) is 2.41. The topological polar surface area (TPSA) is 37.4 Å². The lowest BCUT2D eigenvalue weighted by Crippen LogP contribution is -2.50. The van der Waals surface area contributed by atoms with Gasteiger partial charge in [-0.3, -0.25) is 0 Å². The summed E-state index contributed by atoms with van der Waals surface area (Å²) in [6.07, 6.45) is 8.93. The molecule has 0 radical (unpaired) electrons. The number of hydrogen-bond donors (Lipinski definition) is 0. The summed E-state index contributed by atoms with van der Waals surface area (Å²) in [4.78, 5) is 0. The van der Waals surface area contributed by atoms with Crippen molar-refractivity contribution in [2.24, 2.45) is 0 Å². The average molecular weight is 295 g/mol. The molecule has 0 aromatic carbocycles. The van der Waals surface area contributed by atoms with Crippen molar-refractivity contribution in [3.8, 4) is 0 Å². The molecule has 2 rings (SSSR count). The van der Waals surface area contributed by atoms with Crippen LogP contribution in [0.2, 0.25) is 0 Å². The Hall–Kier alpha value is -0.230. The molecule has 6 heteroatoms. The first-order valence-corrected chi connectivity index (χ1v) is 8.84. The molecule has 0 bridgehead atoms. The normalized spacial score (nSPS) is 24.2. The van der Waals surface area contributed by atoms with Gasteiger partial charge in [0.25, 0.3) is 10.0 Å². The molecule has 112 valence electrons. The third-order valence-electron chi connectivity index (χ3n) is 4.39. The zero-order chi connectivity index (χ0) is 13.9. The van der Waals surface area contributed by atoms with Crippen molar-refractivity contribution < 1.29 is 17.2 Å². The van der Waals surface area contributed by atoms with Gasteiger partial charge in [0, 0.05) is 12.1 Å². The van der Waals surface area contributed by atoms with Crippen molar-refractivity contribution in [1.29, 1.82) is 0 Å². The Morgan fingerprint density at radius 3 is 1.47 bits per heavy atom. The minimum Gasteiger partial charge on any atom is -0.206 e. The van der Waals surface area contributed by atoms with Crippen LogP contribution >= 0.6 is 0 Å². The van der Waals surface area contributed by atoms with Gasteiger partial charge in [-0.05, 0) is 25.7 Å². The van der Waals surface area contributed by atoms with E-state index in [-0.39, 0.29) is 12.1 Å². The highest BCUT2D eigenvalue weighted by Gasteiger charge is 2.41. The van der Waals surface area contributed by atoms with Crippen molar-refractivity contribution in [3.05, 3.63) is 0 Å².